The molecule has 1 rings (SSSR count). The average Bonchev–Trinajstić information content (AvgIpc) is 1.91. The fraction of sp³-hybridized carbons (Fsp3) is 1.00. The van der Waals surface area contributed by atoms with Crippen LogP contribution in [0, 0.1) is 0 Å². The first-order valence-corrected chi connectivity index (χ1v) is 3.90. The van der Waals surface area contributed by atoms with Crippen molar-refractivity contribution in [2.45, 2.75) is 32.4 Å². The smallest absolute Gasteiger partial charge is 0.0571 e. The van der Waals surface area contributed by atoms with Crippen LogP contribution in [0.3, 0.4) is 0 Å². The highest BCUT2D eigenvalue weighted by molar-refractivity contribution is 5.85. The molecule has 0 aliphatic carbocycles. The van der Waals surface area contributed by atoms with Crippen molar-refractivity contribution in [3.05, 3.63) is 0 Å². The summed E-state index contributed by atoms with van der Waals surface area (Å²) in [6.45, 7) is 4.42. The standard InChI is InChI=1S/C7H16N2.ClH/c1-2-8-7-5-3-4-6-9-7;/h7-9H,2-6H2,1H3;1H. The molecule has 1 fully saturated rings. The summed E-state index contributed by atoms with van der Waals surface area (Å²) in [7, 11) is 0. The van der Waals surface area contributed by atoms with Crippen LogP contribution in [0.4, 0.5) is 0 Å². The van der Waals surface area contributed by atoms with E-state index in [0.717, 1.165) is 6.54 Å². The molecule has 0 aromatic carbocycles. The first-order valence-electron chi connectivity index (χ1n) is 3.90. The Balaban J connectivity index is 0.000000810. The molecule has 1 aliphatic heterocycles. The zero-order valence-corrected chi connectivity index (χ0v) is 7.34. The van der Waals surface area contributed by atoms with E-state index in [4.69, 9.17) is 0 Å². The SMILES string of the molecule is CCNC1CCCCN1.Cl. The molecule has 1 heterocycles. The van der Waals surface area contributed by atoms with Gasteiger partial charge in [-0.3, -0.25) is 0 Å². The zero-order valence-electron chi connectivity index (χ0n) is 6.52. The Kier molecular flexibility index (Phi) is 6.08. The minimum absolute atomic E-state index is 0. The van der Waals surface area contributed by atoms with Crippen molar-refractivity contribution < 1.29 is 0 Å². The van der Waals surface area contributed by atoms with Gasteiger partial charge in [-0.2, -0.15) is 0 Å². The number of rotatable bonds is 2. The molecule has 0 radical (unpaired) electrons. The Morgan fingerprint density at radius 1 is 1.50 bits per heavy atom. The van der Waals surface area contributed by atoms with Crippen LogP contribution < -0.4 is 10.6 Å². The minimum Gasteiger partial charge on any atom is -0.302 e. The summed E-state index contributed by atoms with van der Waals surface area (Å²) in [5, 5.41) is 6.78. The van der Waals surface area contributed by atoms with Crippen LogP contribution in [-0.4, -0.2) is 19.3 Å². The van der Waals surface area contributed by atoms with E-state index in [0.29, 0.717) is 6.17 Å². The summed E-state index contributed by atoms with van der Waals surface area (Å²) in [4.78, 5) is 0. The van der Waals surface area contributed by atoms with Crippen LogP contribution >= 0.6 is 12.4 Å². The van der Waals surface area contributed by atoms with Gasteiger partial charge in [0.05, 0.1) is 6.17 Å². The number of piperidine rings is 1. The molecule has 0 aromatic heterocycles. The predicted octanol–water partition coefficient (Wildman–Crippen LogP) is 1.12. The fourth-order valence-corrected chi connectivity index (χ4v) is 1.27. The Hall–Kier alpha value is 0.210. The summed E-state index contributed by atoms with van der Waals surface area (Å²) in [6.07, 6.45) is 4.63. The van der Waals surface area contributed by atoms with Gasteiger partial charge in [0.25, 0.3) is 0 Å². The minimum atomic E-state index is 0. The molecule has 2 nitrogen and oxygen atoms in total. The van der Waals surface area contributed by atoms with E-state index in [1.54, 1.807) is 0 Å². The van der Waals surface area contributed by atoms with Gasteiger partial charge in [-0.15, -0.1) is 12.4 Å². The molecule has 10 heavy (non-hydrogen) atoms. The van der Waals surface area contributed by atoms with Gasteiger partial charge in [0.2, 0.25) is 0 Å². The summed E-state index contributed by atoms with van der Waals surface area (Å²) in [6, 6.07) is 0. The molecule has 2 N–H and O–H groups in total. The lowest BCUT2D eigenvalue weighted by Gasteiger charge is -2.23. The van der Waals surface area contributed by atoms with E-state index < -0.39 is 0 Å². The quantitative estimate of drug-likeness (QED) is 0.639. The lowest BCUT2D eigenvalue weighted by atomic mass is 10.1. The van der Waals surface area contributed by atoms with Gasteiger partial charge in [-0.1, -0.05) is 6.92 Å². The Morgan fingerprint density at radius 2 is 2.30 bits per heavy atom. The van der Waals surface area contributed by atoms with Gasteiger partial charge in [0.15, 0.2) is 0 Å². The second-order valence-corrected chi connectivity index (χ2v) is 2.56. The van der Waals surface area contributed by atoms with E-state index in [1.165, 1.54) is 25.8 Å². The highest BCUT2D eigenvalue weighted by Crippen LogP contribution is 2.03. The molecule has 0 bridgehead atoms. The van der Waals surface area contributed by atoms with Crippen molar-refractivity contribution in [3.63, 3.8) is 0 Å². The second kappa shape index (κ2) is 5.96. The van der Waals surface area contributed by atoms with Crippen molar-refractivity contribution in [2.75, 3.05) is 13.1 Å². The van der Waals surface area contributed by atoms with Crippen molar-refractivity contribution in [3.8, 4) is 0 Å². The van der Waals surface area contributed by atoms with Gasteiger partial charge in [0.1, 0.15) is 0 Å². The van der Waals surface area contributed by atoms with E-state index >= 15 is 0 Å². The Morgan fingerprint density at radius 3 is 2.80 bits per heavy atom. The van der Waals surface area contributed by atoms with Crippen LogP contribution in [0.5, 0.6) is 0 Å². The molecule has 1 saturated heterocycles. The van der Waals surface area contributed by atoms with Crippen LogP contribution in [0.25, 0.3) is 0 Å². The van der Waals surface area contributed by atoms with Crippen LogP contribution in [0.1, 0.15) is 26.2 Å². The van der Waals surface area contributed by atoms with E-state index in [-0.39, 0.29) is 12.4 Å². The summed E-state index contributed by atoms with van der Waals surface area (Å²) >= 11 is 0. The average molecular weight is 165 g/mol. The second-order valence-electron chi connectivity index (χ2n) is 2.56. The lowest BCUT2D eigenvalue weighted by Crippen LogP contribution is -2.44. The third-order valence-electron chi connectivity index (χ3n) is 1.76. The zero-order chi connectivity index (χ0) is 6.53. The molecule has 0 spiro atoms. The van der Waals surface area contributed by atoms with Crippen molar-refractivity contribution >= 4 is 12.4 Å². The highest BCUT2D eigenvalue weighted by Gasteiger charge is 2.08. The molecule has 0 saturated carbocycles. The molecule has 3 heteroatoms. The van der Waals surface area contributed by atoms with Crippen molar-refractivity contribution in [2.24, 2.45) is 0 Å². The topological polar surface area (TPSA) is 24.1 Å². The largest absolute Gasteiger partial charge is 0.302 e. The van der Waals surface area contributed by atoms with Gasteiger partial charge >= 0.3 is 0 Å². The Labute approximate surface area is 69.2 Å². The molecule has 0 amide bonds. The molecule has 62 valence electrons. The summed E-state index contributed by atoms with van der Waals surface area (Å²) < 4.78 is 0. The third-order valence-corrected chi connectivity index (χ3v) is 1.76. The molecular formula is C7H17ClN2. The fourth-order valence-electron chi connectivity index (χ4n) is 1.27. The number of nitrogens with one attached hydrogen (secondary N) is 2. The maximum absolute atomic E-state index is 3.41. The third kappa shape index (κ3) is 3.40. The Bertz CT molecular complexity index is 69.3. The maximum Gasteiger partial charge on any atom is 0.0571 e. The molecule has 1 atom stereocenters. The van der Waals surface area contributed by atoms with Crippen molar-refractivity contribution in [1.29, 1.82) is 0 Å². The van der Waals surface area contributed by atoms with Crippen molar-refractivity contribution in [1.82, 2.24) is 10.6 Å². The first-order chi connectivity index (χ1) is 4.43. The van der Waals surface area contributed by atoms with Crippen LogP contribution in [0.15, 0.2) is 0 Å². The predicted molar refractivity (Wildman–Crippen MR) is 46.6 cm³/mol. The maximum atomic E-state index is 3.41. The normalized spacial score (nSPS) is 25.5. The molecule has 1 unspecified atom stereocenters. The van der Waals surface area contributed by atoms with Gasteiger partial charge in [-0.25, -0.2) is 0 Å². The molecule has 1 aliphatic rings. The number of hydrogen-bond acceptors (Lipinski definition) is 2. The van der Waals surface area contributed by atoms with Crippen LogP contribution in [0.2, 0.25) is 0 Å². The van der Waals surface area contributed by atoms with Gasteiger partial charge in [0, 0.05) is 0 Å². The number of halogens is 1. The van der Waals surface area contributed by atoms with E-state index in [1.807, 2.05) is 0 Å². The number of hydrogen-bond donors (Lipinski definition) is 2. The van der Waals surface area contributed by atoms with Crippen LogP contribution in [-0.2, 0) is 0 Å². The monoisotopic (exact) mass is 164 g/mol. The van der Waals surface area contributed by atoms with Gasteiger partial charge < -0.3 is 10.6 Å². The molecular weight excluding hydrogens is 148 g/mol. The lowest BCUT2D eigenvalue weighted by molar-refractivity contribution is 0.350. The molecule has 0 aromatic rings. The highest BCUT2D eigenvalue weighted by atomic mass is 35.5. The van der Waals surface area contributed by atoms with E-state index in [2.05, 4.69) is 17.6 Å². The summed E-state index contributed by atoms with van der Waals surface area (Å²) in [5.74, 6) is 0. The first kappa shape index (κ1) is 10.2. The summed E-state index contributed by atoms with van der Waals surface area (Å²) in [5.41, 5.74) is 0. The van der Waals surface area contributed by atoms with E-state index in [9.17, 15) is 0 Å². The van der Waals surface area contributed by atoms with Gasteiger partial charge in [-0.05, 0) is 32.4 Å².